The lowest BCUT2D eigenvalue weighted by Gasteiger charge is -2.30. The number of nitrogens with zero attached hydrogens (tertiary/aromatic N) is 1. The number of rotatable bonds is 1. The maximum Gasteiger partial charge on any atom is 0.266 e. The van der Waals surface area contributed by atoms with Crippen LogP contribution < -0.4 is 0 Å². The zero-order chi connectivity index (χ0) is 10.9. The minimum atomic E-state index is -2.80. The van der Waals surface area contributed by atoms with Gasteiger partial charge in [-0.05, 0) is 24.6 Å². The summed E-state index contributed by atoms with van der Waals surface area (Å²) < 4.78 is 25.7. The fourth-order valence-corrected chi connectivity index (χ4v) is 1.64. The van der Waals surface area contributed by atoms with Gasteiger partial charge in [-0.1, -0.05) is 6.07 Å². The minimum Gasteiger partial charge on any atom is -0.381 e. The summed E-state index contributed by atoms with van der Waals surface area (Å²) in [6.45, 7) is 0. The average molecular weight is 211 g/mol. The van der Waals surface area contributed by atoms with Gasteiger partial charge >= 0.3 is 0 Å². The van der Waals surface area contributed by atoms with Crippen LogP contribution in [-0.2, 0) is 5.60 Å². The Balaban J connectivity index is 2.31. The van der Waals surface area contributed by atoms with Crippen molar-refractivity contribution in [2.75, 3.05) is 0 Å². The van der Waals surface area contributed by atoms with Crippen LogP contribution in [0.15, 0.2) is 36.7 Å². The maximum absolute atomic E-state index is 12.8. The minimum absolute atomic E-state index is 0.0161. The fraction of sp³-hybridized carbons (Fsp3) is 0.364. The van der Waals surface area contributed by atoms with Gasteiger partial charge in [-0.2, -0.15) is 0 Å². The van der Waals surface area contributed by atoms with E-state index in [0.717, 1.165) is 12.2 Å². The first-order valence-corrected chi connectivity index (χ1v) is 4.73. The van der Waals surface area contributed by atoms with E-state index in [1.54, 1.807) is 18.3 Å². The molecule has 0 aliphatic heterocycles. The van der Waals surface area contributed by atoms with Crippen molar-refractivity contribution in [1.82, 2.24) is 4.98 Å². The van der Waals surface area contributed by atoms with Crippen molar-refractivity contribution in [2.24, 2.45) is 0 Å². The SMILES string of the molecule is OC1(c2cccnc2)C=CC(F)(F)CC1. The second kappa shape index (κ2) is 3.38. The van der Waals surface area contributed by atoms with Crippen molar-refractivity contribution in [3.05, 3.63) is 42.2 Å². The van der Waals surface area contributed by atoms with Crippen LogP contribution in [0.4, 0.5) is 8.78 Å². The molecule has 1 unspecified atom stereocenters. The molecule has 0 amide bonds. The molecule has 1 atom stereocenters. The quantitative estimate of drug-likeness (QED) is 0.723. The lowest BCUT2D eigenvalue weighted by atomic mass is 9.84. The Morgan fingerprint density at radius 1 is 1.27 bits per heavy atom. The summed E-state index contributed by atoms with van der Waals surface area (Å²) in [5, 5.41) is 10.1. The van der Waals surface area contributed by atoms with E-state index in [9.17, 15) is 13.9 Å². The smallest absolute Gasteiger partial charge is 0.266 e. The van der Waals surface area contributed by atoms with Crippen LogP contribution in [0, 0.1) is 0 Å². The van der Waals surface area contributed by atoms with Gasteiger partial charge in [-0.15, -0.1) is 0 Å². The molecule has 0 bridgehead atoms. The van der Waals surface area contributed by atoms with E-state index in [1.165, 1.54) is 6.20 Å². The van der Waals surface area contributed by atoms with Crippen LogP contribution in [0.3, 0.4) is 0 Å². The molecule has 1 aromatic heterocycles. The summed E-state index contributed by atoms with van der Waals surface area (Å²) in [6, 6.07) is 3.36. The number of pyridine rings is 1. The highest BCUT2D eigenvalue weighted by Crippen LogP contribution is 2.38. The molecule has 0 aromatic carbocycles. The van der Waals surface area contributed by atoms with Gasteiger partial charge in [0.1, 0.15) is 5.60 Å². The Bertz CT molecular complexity index is 377. The van der Waals surface area contributed by atoms with Gasteiger partial charge in [0, 0.05) is 24.4 Å². The van der Waals surface area contributed by atoms with Crippen LogP contribution in [0.2, 0.25) is 0 Å². The molecule has 2 rings (SSSR count). The third kappa shape index (κ3) is 2.04. The van der Waals surface area contributed by atoms with Crippen molar-refractivity contribution < 1.29 is 13.9 Å². The number of hydrogen-bond donors (Lipinski definition) is 1. The standard InChI is InChI=1S/C11H11F2NO/c12-11(13)5-3-10(15,4-6-11)9-2-1-7-14-8-9/h1-3,5,7-8,15H,4,6H2. The van der Waals surface area contributed by atoms with Gasteiger partial charge in [-0.25, -0.2) is 8.78 Å². The van der Waals surface area contributed by atoms with Crippen LogP contribution in [0.1, 0.15) is 18.4 Å². The Morgan fingerprint density at radius 3 is 2.60 bits per heavy atom. The average Bonchev–Trinajstić information content (AvgIpc) is 2.24. The van der Waals surface area contributed by atoms with Crippen molar-refractivity contribution in [3.8, 4) is 0 Å². The van der Waals surface area contributed by atoms with Crippen LogP contribution >= 0.6 is 0 Å². The maximum atomic E-state index is 12.8. The summed E-state index contributed by atoms with van der Waals surface area (Å²) in [4.78, 5) is 3.86. The Hall–Kier alpha value is -1.29. The second-order valence-corrected chi connectivity index (χ2v) is 3.76. The Labute approximate surface area is 86.3 Å². The van der Waals surface area contributed by atoms with E-state index in [0.29, 0.717) is 5.56 Å². The highest BCUT2D eigenvalue weighted by molar-refractivity contribution is 5.27. The molecule has 0 saturated heterocycles. The molecule has 1 aliphatic carbocycles. The molecular weight excluding hydrogens is 200 g/mol. The van der Waals surface area contributed by atoms with E-state index in [4.69, 9.17) is 0 Å². The number of halogens is 2. The summed E-state index contributed by atoms with van der Waals surface area (Å²) in [6.07, 6.45) is 4.68. The number of aliphatic hydroxyl groups is 1. The predicted octanol–water partition coefficient (Wildman–Crippen LogP) is 2.25. The van der Waals surface area contributed by atoms with E-state index in [2.05, 4.69) is 4.98 Å². The summed E-state index contributed by atoms with van der Waals surface area (Å²) in [5.74, 6) is -2.80. The first-order chi connectivity index (χ1) is 7.02. The predicted molar refractivity (Wildman–Crippen MR) is 51.5 cm³/mol. The molecule has 1 aromatic rings. The highest BCUT2D eigenvalue weighted by Gasteiger charge is 2.38. The van der Waals surface area contributed by atoms with Gasteiger partial charge in [0.25, 0.3) is 5.92 Å². The van der Waals surface area contributed by atoms with E-state index in [-0.39, 0.29) is 12.8 Å². The van der Waals surface area contributed by atoms with Crippen molar-refractivity contribution in [2.45, 2.75) is 24.4 Å². The van der Waals surface area contributed by atoms with Gasteiger partial charge in [0.05, 0.1) is 0 Å². The van der Waals surface area contributed by atoms with E-state index in [1.807, 2.05) is 0 Å². The van der Waals surface area contributed by atoms with Crippen molar-refractivity contribution in [3.63, 3.8) is 0 Å². The van der Waals surface area contributed by atoms with Gasteiger partial charge in [0.15, 0.2) is 0 Å². The largest absolute Gasteiger partial charge is 0.381 e. The number of allylic oxidation sites excluding steroid dienone is 1. The molecule has 0 saturated carbocycles. The van der Waals surface area contributed by atoms with Gasteiger partial charge < -0.3 is 5.11 Å². The second-order valence-electron chi connectivity index (χ2n) is 3.76. The molecule has 0 spiro atoms. The Morgan fingerprint density at radius 2 is 2.07 bits per heavy atom. The first-order valence-electron chi connectivity index (χ1n) is 4.73. The number of alkyl halides is 2. The first kappa shape index (κ1) is 10.2. The fourth-order valence-electron chi connectivity index (χ4n) is 1.64. The summed E-state index contributed by atoms with van der Waals surface area (Å²) in [5.41, 5.74) is -0.743. The molecule has 2 nitrogen and oxygen atoms in total. The lowest BCUT2D eigenvalue weighted by molar-refractivity contribution is -0.0138. The molecule has 0 radical (unpaired) electrons. The normalized spacial score (nSPS) is 29.0. The molecule has 1 aliphatic rings. The van der Waals surface area contributed by atoms with Crippen molar-refractivity contribution >= 4 is 0 Å². The monoisotopic (exact) mass is 211 g/mol. The van der Waals surface area contributed by atoms with Gasteiger partial charge in [0.2, 0.25) is 0 Å². The topological polar surface area (TPSA) is 33.1 Å². The zero-order valence-corrected chi connectivity index (χ0v) is 8.03. The summed E-state index contributed by atoms with van der Waals surface area (Å²) >= 11 is 0. The van der Waals surface area contributed by atoms with E-state index < -0.39 is 11.5 Å². The summed E-state index contributed by atoms with van der Waals surface area (Å²) in [7, 11) is 0. The van der Waals surface area contributed by atoms with Crippen LogP contribution in [0.5, 0.6) is 0 Å². The number of aromatic nitrogens is 1. The molecular formula is C11H11F2NO. The molecule has 80 valence electrons. The molecule has 4 heteroatoms. The lowest BCUT2D eigenvalue weighted by Crippen LogP contribution is -2.31. The zero-order valence-electron chi connectivity index (χ0n) is 8.03. The van der Waals surface area contributed by atoms with Gasteiger partial charge in [-0.3, -0.25) is 4.98 Å². The molecule has 15 heavy (non-hydrogen) atoms. The third-order valence-corrected chi connectivity index (χ3v) is 2.60. The van der Waals surface area contributed by atoms with E-state index >= 15 is 0 Å². The highest BCUT2D eigenvalue weighted by atomic mass is 19.3. The van der Waals surface area contributed by atoms with Crippen LogP contribution in [-0.4, -0.2) is 16.0 Å². The molecule has 1 heterocycles. The molecule has 1 N–H and O–H groups in total. The number of hydrogen-bond acceptors (Lipinski definition) is 2. The third-order valence-electron chi connectivity index (χ3n) is 2.60. The van der Waals surface area contributed by atoms with Crippen LogP contribution in [0.25, 0.3) is 0 Å². The molecule has 0 fully saturated rings. The Kier molecular flexibility index (Phi) is 2.31. The van der Waals surface area contributed by atoms with Crippen molar-refractivity contribution in [1.29, 1.82) is 0 Å².